The van der Waals surface area contributed by atoms with Crippen LogP contribution in [0.4, 0.5) is 5.82 Å². The van der Waals surface area contributed by atoms with Gasteiger partial charge in [0.05, 0.1) is 12.9 Å². The zero-order chi connectivity index (χ0) is 16.5. The van der Waals surface area contributed by atoms with E-state index in [4.69, 9.17) is 0 Å². The van der Waals surface area contributed by atoms with Crippen LogP contribution < -0.4 is 4.90 Å². The van der Waals surface area contributed by atoms with Gasteiger partial charge in [-0.25, -0.2) is 15.0 Å². The summed E-state index contributed by atoms with van der Waals surface area (Å²) >= 11 is 0. The Morgan fingerprint density at radius 1 is 1.29 bits per heavy atom. The highest BCUT2D eigenvalue weighted by atomic mass is 16.2. The Morgan fingerprint density at radius 3 is 3.12 bits per heavy atom. The monoisotopic (exact) mass is 329 g/mol. The number of nitrogens with one attached hydrogen (secondary N) is 1. The van der Waals surface area contributed by atoms with E-state index >= 15 is 0 Å². The molecule has 1 atom stereocenters. The zero-order valence-corrected chi connectivity index (χ0v) is 14.0. The van der Waals surface area contributed by atoms with Crippen molar-refractivity contribution in [2.75, 3.05) is 44.7 Å². The summed E-state index contributed by atoms with van der Waals surface area (Å²) in [4.78, 5) is 34.8. The number of amides is 1. The average Bonchev–Trinajstić information content (AvgIpc) is 3.09. The minimum Gasteiger partial charge on any atom is -0.348 e. The molecule has 2 aliphatic heterocycles. The highest BCUT2D eigenvalue weighted by Crippen LogP contribution is 2.22. The van der Waals surface area contributed by atoms with Gasteiger partial charge < -0.3 is 14.8 Å². The van der Waals surface area contributed by atoms with Gasteiger partial charge in [-0.05, 0) is 19.4 Å². The van der Waals surface area contributed by atoms with Crippen LogP contribution >= 0.6 is 0 Å². The lowest BCUT2D eigenvalue weighted by Crippen LogP contribution is -2.57. The molecule has 0 bridgehead atoms. The van der Waals surface area contributed by atoms with E-state index in [1.165, 1.54) is 32.1 Å². The van der Waals surface area contributed by atoms with Crippen molar-refractivity contribution in [1.29, 1.82) is 0 Å². The summed E-state index contributed by atoms with van der Waals surface area (Å²) in [5.74, 6) is 0.871. The summed E-state index contributed by atoms with van der Waals surface area (Å²) in [5, 5.41) is 0. The number of fused-ring (bicyclic) bond motifs is 2. The Kier molecular flexibility index (Phi) is 4.05. The molecule has 4 rings (SSSR count). The number of rotatable bonds is 3. The summed E-state index contributed by atoms with van der Waals surface area (Å²) < 4.78 is 0. The fourth-order valence-corrected chi connectivity index (χ4v) is 3.80. The minimum atomic E-state index is 0.161. The van der Waals surface area contributed by atoms with Gasteiger partial charge in [-0.2, -0.15) is 0 Å². The number of aromatic amines is 1. The number of nitrogens with zero attached hydrogens (tertiary/aromatic N) is 6. The van der Waals surface area contributed by atoms with Crippen LogP contribution in [0.15, 0.2) is 12.7 Å². The normalized spacial score (nSPS) is 21.7. The van der Waals surface area contributed by atoms with E-state index in [1.807, 2.05) is 16.8 Å². The van der Waals surface area contributed by atoms with Gasteiger partial charge in [-0.3, -0.25) is 9.69 Å². The van der Waals surface area contributed by atoms with Crippen molar-refractivity contribution < 1.29 is 4.79 Å². The number of hydrogen-bond acceptors (Lipinski definition) is 6. The van der Waals surface area contributed by atoms with E-state index < -0.39 is 0 Å². The molecule has 1 unspecified atom stereocenters. The number of anilines is 1. The molecule has 1 N–H and O–H groups in total. The van der Waals surface area contributed by atoms with Crippen molar-refractivity contribution in [3.8, 4) is 0 Å². The maximum atomic E-state index is 12.7. The van der Waals surface area contributed by atoms with Gasteiger partial charge in [0.15, 0.2) is 11.5 Å². The van der Waals surface area contributed by atoms with Crippen LogP contribution in [0.1, 0.15) is 19.3 Å². The standard InChI is InChI=1S/C16H23N7O/c1-21(16-14-15(18-10-17-14)19-11-20-16)9-13(24)23-7-6-22-5-3-2-4-12(22)8-23/h10-12H,2-9H2,1H3,(H,17,18,19,20). The summed E-state index contributed by atoms with van der Waals surface area (Å²) in [6, 6.07) is 0.542. The number of aromatic nitrogens is 4. The molecular weight excluding hydrogens is 306 g/mol. The predicted octanol–water partition coefficient (Wildman–Crippen LogP) is 0.486. The highest BCUT2D eigenvalue weighted by molar-refractivity contribution is 5.87. The van der Waals surface area contributed by atoms with E-state index in [2.05, 4.69) is 24.8 Å². The number of hydrogen-bond donors (Lipinski definition) is 1. The van der Waals surface area contributed by atoms with Gasteiger partial charge >= 0.3 is 0 Å². The molecule has 2 saturated heterocycles. The molecular formula is C16H23N7O. The van der Waals surface area contributed by atoms with Crippen LogP contribution in [-0.2, 0) is 4.79 Å². The smallest absolute Gasteiger partial charge is 0.242 e. The van der Waals surface area contributed by atoms with E-state index in [0.29, 0.717) is 24.1 Å². The van der Waals surface area contributed by atoms with Gasteiger partial charge in [0.25, 0.3) is 0 Å². The van der Waals surface area contributed by atoms with Gasteiger partial charge in [0.2, 0.25) is 5.91 Å². The maximum absolute atomic E-state index is 12.7. The molecule has 4 heterocycles. The van der Waals surface area contributed by atoms with Crippen LogP contribution in [0.2, 0.25) is 0 Å². The summed E-state index contributed by atoms with van der Waals surface area (Å²) in [7, 11) is 1.89. The van der Waals surface area contributed by atoms with Crippen molar-refractivity contribution in [2.24, 2.45) is 0 Å². The largest absolute Gasteiger partial charge is 0.348 e. The summed E-state index contributed by atoms with van der Waals surface area (Å²) in [6.45, 7) is 4.18. The topological polar surface area (TPSA) is 81.2 Å². The lowest BCUT2D eigenvalue weighted by Gasteiger charge is -2.44. The van der Waals surface area contributed by atoms with Gasteiger partial charge in [-0.1, -0.05) is 6.42 Å². The zero-order valence-electron chi connectivity index (χ0n) is 14.0. The second-order valence-corrected chi connectivity index (χ2v) is 6.68. The lowest BCUT2D eigenvalue weighted by atomic mass is 9.99. The van der Waals surface area contributed by atoms with Gasteiger partial charge in [-0.15, -0.1) is 0 Å². The second kappa shape index (κ2) is 6.35. The third-order valence-electron chi connectivity index (χ3n) is 5.13. The highest BCUT2D eigenvalue weighted by Gasteiger charge is 2.31. The van der Waals surface area contributed by atoms with Crippen LogP contribution in [0.25, 0.3) is 11.2 Å². The fraction of sp³-hybridized carbons (Fsp3) is 0.625. The number of carbonyl (C=O) groups is 1. The number of likely N-dealkylation sites (N-methyl/N-ethyl adjacent to an activating group) is 1. The molecule has 2 aliphatic rings. The predicted molar refractivity (Wildman–Crippen MR) is 90.7 cm³/mol. The molecule has 0 radical (unpaired) electrons. The first kappa shape index (κ1) is 15.3. The van der Waals surface area contributed by atoms with Crippen LogP contribution in [-0.4, -0.2) is 81.5 Å². The summed E-state index contributed by atoms with van der Waals surface area (Å²) in [5.41, 5.74) is 1.39. The fourth-order valence-electron chi connectivity index (χ4n) is 3.80. The van der Waals surface area contributed by atoms with E-state index in [0.717, 1.165) is 25.2 Å². The van der Waals surface area contributed by atoms with E-state index in [1.54, 1.807) is 6.33 Å². The van der Waals surface area contributed by atoms with Crippen LogP contribution in [0.3, 0.4) is 0 Å². The number of piperazine rings is 1. The quantitative estimate of drug-likeness (QED) is 0.882. The molecule has 0 saturated carbocycles. The molecule has 8 nitrogen and oxygen atoms in total. The molecule has 8 heteroatoms. The van der Waals surface area contributed by atoms with Crippen LogP contribution in [0.5, 0.6) is 0 Å². The lowest BCUT2D eigenvalue weighted by molar-refractivity contribution is -0.133. The van der Waals surface area contributed by atoms with E-state index in [9.17, 15) is 4.79 Å². The van der Waals surface area contributed by atoms with Crippen molar-refractivity contribution in [1.82, 2.24) is 29.7 Å². The Morgan fingerprint density at radius 2 is 2.21 bits per heavy atom. The molecule has 128 valence electrons. The van der Waals surface area contributed by atoms with E-state index in [-0.39, 0.29) is 5.91 Å². The molecule has 24 heavy (non-hydrogen) atoms. The van der Waals surface area contributed by atoms with Gasteiger partial charge in [0.1, 0.15) is 11.8 Å². The third kappa shape index (κ3) is 2.82. The molecule has 2 aromatic rings. The Labute approximate surface area is 140 Å². The number of piperidine rings is 1. The maximum Gasteiger partial charge on any atom is 0.242 e. The first-order chi connectivity index (χ1) is 11.7. The molecule has 0 aromatic carbocycles. The van der Waals surface area contributed by atoms with Crippen molar-refractivity contribution in [2.45, 2.75) is 25.3 Å². The average molecular weight is 329 g/mol. The second-order valence-electron chi connectivity index (χ2n) is 6.68. The third-order valence-corrected chi connectivity index (χ3v) is 5.13. The Hall–Kier alpha value is -2.22. The SMILES string of the molecule is CN(CC(=O)N1CCN2CCCCC2C1)c1ncnc2nc[nH]c12. The van der Waals surface area contributed by atoms with Crippen molar-refractivity contribution in [3.05, 3.63) is 12.7 Å². The van der Waals surface area contributed by atoms with Crippen LogP contribution in [0, 0.1) is 0 Å². The number of H-pyrrole nitrogens is 1. The number of imidazole rings is 1. The minimum absolute atomic E-state index is 0.161. The Bertz CT molecular complexity index is 730. The molecule has 0 spiro atoms. The summed E-state index contributed by atoms with van der Waals surface area (Å²) in [6.07, 6.45) is 6.87. The molecule has 2 aromatic heterocycles. The van der Waals surface area contributed by atoms with Crippen molar-refractivity contribution >= 4 is 22.9 Å². The van der Waals surface area contributed by atoms with Gasteiger partial charge in [0, 0.05) is 32.7 Å². The molecule has 1 amide bonds. The van der Waals surface area contributed by atoms with Crippen molar-refractivity contribution in [3.63, 3.8) is 0 Å². The molecule has 0 aliphatic carbocycles. The first-order valence-corrected chi connectivity index (χ1v) is 8.59. The first-order valence-electron chi connectivity index (χ1n) is 8.59. The number of carbonyl (C=O) groups excluding carboxylic acids is 1. The molecule has 2 fully saturated rings. The Balaban J connectivity index is 1.43.